The summed E-state index contributed by atoms with van der Waals surface area (Å²) in [6.45, 7) is -0.00516. The fourth-order valence-electron chi connectivity index (χ4n) is 1.75. The first-order valence-electron chi connectivity index (χ1n) is 6.03. The average Bonchev–Trinajstić information content (AvgIpc) is 2.44. The first-order valence-corrected chi connectivity index (χ1v) is 6.41. The van der Waals surface area contributed by atoms with Crippen LogP contribution in [0.4, 0.5) is 4.39 Å². The van der Waals surface area contributed by atoms with Gasteiger partial charge >= 0.3 is 0 Å². The molecular formula is C15H13ClFNO2. The molecule has 0 aliphatic heterocycles. The Morgan fingerprint density at radius 2 is 2.00 bits per heavy atom. The van der Waals surface area contributed by atoms with E-state index in [2.05, 4.69) is 5.32 Å². The highest BCUT2D eigenvalue weighted by molar-refractivity contribution is 6.30. The minimum Gasteiger partial charge on any atom is -0.387 e. The molecule has 1 amide bonds. The molecular weight excluding hydrogens is 281 g/mol. The summed E-state index contributed by atoms with van der Waals surface area (Å²) in [4.78, 5) is 11.8. The molecule has 0 bridgehead atoms. The van der Waals surface area contributed by atoms with Gasteiger partial charge in [0.2, 0.25) is 0 Å². The number of nitrogens with one attached hydrogen (secondary N) is 1. The maximum Gasteiger partial charge on any atom is 0.251 e. The van der Waals surface area contributed by atoms with Crippen LogP contribution in [0.1, 0.15) is 22.0 Å². The summed E-state index contributed by atoms with van der Waals surface area (Å²) in [6, 6.07) is 12.1. The number of benzene rings is 2. The fraction of sp³-hybridized carbons (Fsp3) is 0.133. The molecule has 0 heterocycles. The van der Waals surface area contributed by atoms with Crippen molar-refractivity contribution in [3.63, 3.8) is 0 Å². The molecule has 0 aromatic heterocycles. The predicted molar refractivity (Wildman–Crippen MR) is 75.1 cm³/mol. The van der Waals surface area contributed by atoms with Crippen molar-refractivity contribution in [2.75, 3.05) is 6.54 Å². The van der Waals surface area contributed by atoms with Gasteiger partial charge in [-0.2, -0.15) is 0 Å². The van der Waals surface area contributed by atoms with Crippen molar-refractivity contribution in [3.05, 3.63) is 70.5 Å². The van der Waals surface area contributed by atoms with E-state index in [4.69, 9.17) is 11.6 Å². The van der Waals surface area contributed by atoms with E-state index in [1.54, 1.807) is 24.3 Å². The highest BCUT2D eigenvalue weighted by Gasteiger charge is 2.11. The Labute approximate surface area is 121 Å². The maximum absolute atomic E-state index is 13.0. The predicted octanol–water partition coefficient (Wildman–Crippen LogP) is 2.94. The van der Waals surface area contributed by atoms with E-state index in [1.165, 1.54) is 24.3 Å². The SMILES string of the molecule is O=C(NCC(O)c1cccc(F)c1)c1cccc(Cl)c1. The highest BCUT2D eigenvalue weighted by atomic mass is 35.5. The van der Waals surface area contributed by atoms with Crippen molar-refractivity contribution in [1.29, 1.82) is 0 Å². The van der Waals surface area contributed by atoms with Crippen molar-refractivity contribution in [3.8, 4) is 0 Å². The van der Waals surface area contributed by atoms with Crippen LogP contribution in [0, 0.1) is 5.82 Å². The molecule has 5 heteroatoms. The van der Waals surface area contributed by atoms with Crippen LogP contribution < -0.4 is 5.32 Å². The number of hydrogen-bond acceptors (Lipinski definition) is 2. The Balaban J connectivity index is 1.96. The van der Waals surface area contributed by atoms with E-state index in [0.29, 0.717) is 16.1 Å². The zero-order valence-corrected chi connectivity index (χ0v) is 11.3. The van der Waals surface area contributed by atoms with Gasteiger partial charge in [-0.1, -0.05) is 29.8 Å². The van der Waals surface area contributed by atoms with Gasteiger partial charge in [0.15, 0.2) is 0 Å². The first-order chi connectivity index (χ1) is 9.56. The second-order valence-corrected chi connectivity index (χ2v) is 4.73. The van der Waals surface area contributed by atoms with Crippen LogP contribution in [0.15, 0.2) is 48.5 Å². The summed E-state index contributed by atoms with van der Waals surface area (Å²) < 4.78 is 13.0. The van der Waals surface area contributed by atoms with Gasteiger partial charge in [0.05, 0.1) is 6.10 Å². The third kappa shape index (κ3) is 3.79. The highest BCUT2D eigenvalue weighted by Crippen LogP contribution is 2.14. The molecule has 1 unspecified atom stereocenters. The third-order valence-electron chi connectivity index (χ3n) is 2.78. The summed E-state index contributed by atoms with van der Waals surface area (Å²) >= 11 is 5.79. The Hall–Kier alpha value is -1.91. The van der Waals surface area contributed by atoms with Gasteiger partial charge in [0.25, 0.3) is 5.91 Å². The first kappa shape index (κ1) is 14.5. The number of carbonyl (C=O) groups is 1. The number of halogens is 2. The third-order valence-corrected chi connectivity index (χ3v) is 3.01. The molecule has 3 nitrogen and oxygen atoms in total. The molecule has 0 radical (unpaired) electrons. The van der Waals surface area contributed by atoms with Gasteiger partial charge in [-0.05, 0) is 35.9 Å². The lowest BCUT2D eigenvalue weighted by atomic mass is 10.1. The standard InChI is InChI=1S/C15H13ClFNO2/c16-12-5-1-4-11(7-12)15(20)18-9-14(19)10-3-2-6-13(17)8-10/h1-8,14,19H,9H2,(H,18,20). The summed E-state index contributed by atoms with van der Waals surface area (Å²) in [6.07, 6.45) is -0.964. The zero-order valence-electron chi connectivity index (χ0n) is 10.5. The van der Waals surface area contributed by atoms with Crippen LogP contribution in [-0.4, -0.2) is 17.6 Å². The summed E-state index contributed by atoms with van der Waals surface area (Å²) in [5.41, 5.74) is 0.820. The fourth-order valence-corrected chi connectivity index (χ4v) is 1.94. The van der Waals surface area contributed by atoms with E-state index in [0.717, 1.165) is 0 Å². The average molecular weight is 294 g/mol. The Kier molecular flexibility index (Phi) is 4.71. The molecule has 0 fully saturated rings. The normalized spacial score (nSPS) is 11.9. The Morgan fingerprint density at radius 3 is 2.70 bits per heavy atom. The van der Waals surface area contributed by atoms with Gasteiger partial charge in [-0.25, -0.2) is 4.39 Å². The molecule has 2 rings (SSSR count). The molecule has 20 heavy (non-hydrogen) atoms. The number of carbonyl (C=O) groups excluding carboxylic acids is 1. The van der Waals surface area contributed by atoms with E-state index in [9.17, 15) is 14.3 Å². The quantitative estimate of drug-likeness (QED) is 0.910. The molecule has 0 saturated heterocycles. The monoisotopic (exact) mass is 293 g/mol. The van der Waals surface area contributed by atoms with Crippen molar-refractivity contribution >= 4 is 17.5 Å². The van der Waals surface area contributed by atoms with Gasteiger partial charge in [-0.3, -0.25) is 4.79 Å². The van der Waals surface area contributed by atoms with E-state index < -0.39 is 11.9 Å². The number of rotatable bonds is 4. The smallest absolute Gasteiger partial charge is 0.251 e. The summed E-state index contributed by atoms with van der Waals surface area (Å²) in [5, 5.41) is 12.9. The number of amides is 1. The van der Waals surface area contributed by atoms with Crippen LogP contribution in [0.3, 0.4) is 0 Å². The lowest BCUT2D eigenvalue weighted by Crippen LogP contribution is -2.28. The maximum atomic E-state index is 13.0. The second kappa shape index (κ2) is 6.50. The molecule has 2 aromatic carbocycles. The molecule has 104 valence electrons. The Morgan fingerprint density at radius 1 is 1.25 bits per heavy atom. The van der Waals surface area contributed by atoms with Gasteiger partial charge in [-0.15, -0.1) is 0 Å². The van der Waals surface area contributed by atoms with Crippen molar-refractivity contribution < 1.29 is 14.3 Å². The van der Waals surface area contributed by atoms with Gasteiger partial charge < -0.3 is 10.4 Å². The van der Waals surface area contributed by atoms with Crippen molar-refractivity contribution in [2.24, 2.45) is 0 Å². The second-order valence-electron chi connectivity index (χ2n) is 4.29. The summed E-state index contributed by atoms with van der Waals surface area (Å²) in [7, 11) is 0. The van der Waals surface area contributed by atoms with Crippen LogP contribution >= 0.6 is 11.6 Å². The molecule has 2 aromatic rings. The van der Waals surface area contributed by atoms with Gasteiger partial charge in [0.1, 0.15) is 5.82 Å². The minimum absolute atomic E-state index is 0.00516. The van der Waals surface area contributed by atoms with Crippen molar-refractivity contribution in [2.45, 2.75) is 6.10 Å². The lowest BCUT2D eigenvalue weighted by molar-refractivity contribution is 0.0916. The number of hydrogen-bond donors (Lipinski definition) is 2. The molecule has 0 spiro atoms. The molecule has 0 aliphatic rings. The topological polar surface area (TPSA) is 49.3 Å². The number of aliphatic hydroxyl groups is 1. The van der Waals surface area contributed by atoms with Crippen LogP contribution in [0.25, 0.3) is 0 Å². The molecule has 2 N–H and O–H groups in total. The minimum atomic E-state index is -0.964. The lowest BCUT2D eigenvalue weighted by Gasteiger charge is -2.12. The van der Waals surface area contributed by atoms with E-state index in [-0.39, 0.29) is 12.5 Å². The zero-order chi connectivity index (χ0) is 14.5. The van der Waals surface area contributed by atoms with Crippen LogP contribution in [0.2, 0.25) is 5.02 Å². The van der Waals surface area contributed by atoms with Crippen LogP contribution in [-0.2, 0) is 0 Å². The largest absolute Gasteiger partial charge is 0.387 e. The van der Waals surface area contributed by atoms with E-state index in [1.807, 2.05) is 0 Å². The summed E-state index contributed by atoms with van der Waals surface area (Å²) in [5.74, 6) is -0.773. The van der Waals surface area contributed by atoms with Crippen LogP contribution in [0.5, 0.6) is 0 Å². The molecule has 0 saturated carbocycles. The molecule has 1 atom stereocenters. The molecule has 0 aliphatic carbocycles. The van der Waals surface area contributed by atoms with Crippen molar-refractivity contribution in [1.82, 2.24) is 5.32 Å². The van der Waals surface area contributed by atoms with Gasteiger partial charge in [0, 0.05) is 17.1 Å². The number of aliphatic hydroxyl groups excluding tert-OH is 1. The van der Waals surface area contributed by atoms with E-state index >= 15 is 0 Å². The Bertz CT molecular complexity index is 618.